The van der Waals surface area contributed by atoms with Crippen molar-refractivity contribution in [1.29, 1.82) is 0 Å². The molecule has 1 aromatic rings. The normalized spacial score (nSPS) is 15.5. The zero-order valence-corrected chi connectivity index (χ0v) is 17.4. The largest absolute Gasteiger partial charge is 0.478 e. The lowest BCUT2D eigenvalue weighted by Crippen LogP contribution is -2.04. The van der Waals surface area contributed by atoms with Crippen LogP contribution >= 0.6 is 0 Å². The van der Waals surface area contributed by atoms with Gasteiger partial charge in [0.1, 0.15) is 0 Å². The summed E-state index contributed by atoms with van der Waals surface area (Å²) in [5.74, 6) is -0.935. The van der Waals surface area contributed by atoms with Crippen molar-refractivity contribution in [2.75, 3.05) is 0 Å². The van der Waals surface area contributed by atoms with E-state index in [1.54, 1.807) is 25.4 Å². The van der Waals surface area contributed by atoms with E-state index >= 15 is 0 Å². The summed E-state index contributed by atoms with van der Waals surface area (Å²) in [6, 6.07) is 0. The Morgan fingerprint density at radius 3 is 2.66 bits per heavy atom. The highest BCUT2D eigenvalue weighted by Gasteiger charge is 2.13. The van der Waals surface area contributed by atoms with Crippen molar-refractivity contribution >= 4 is 17.6 Å². The van der Waals surface area contributed by atoms with Gasteiger partial charge in [-0.25, -0.2) is 9.78 Å². The third-order valence-corrected chi connectivity index (χ3v) is 4.77. The molecule has 0 fully saturated rings. The third-order valence-electron chi connectivity index (χ3n) is 4.77. The van der Waals surface area contributed by atoms with Gasteiger partial charge in [0.15, 0.2) is 0 Å². The Morgan fingerprint density at radius 2 is 2.03 bits per heavy atom. The van der Waals surface area contributed by atoms with E-state index in [0.29, 0.717) is 6.54 Å². The van der Waals surface area contributed by atoms with E-state index in [0.717, 1.165) is 40.1 Å². The highest BCUT2D eigenvalue weighted by molar-refractivity contribution is 5.92. The Labute approximate surface area is 173 Å². The molecule has 0 bridgehead atoms. The average Bonchev–Trinajstić information content (AvgIpc) is 2.94. The fraction of sp³-hybridized carbons (Fsp3) is 0.200. The van der Waals surface area contributed by atoms with E-state index in [2.05, 4.69) is 42.4 Å². The lowest BCUT2D eigenvalue weighted by atomic mass is 10.0. The summed E-state index contributed by atoms with van der Waals surface area (Å²) in [6.45, 7) is 13.8. The SMILES string of the molecule is C=C/C=C(\C=C)C1=CCC=C(Cn2cnc(/C(C)=C\C)c2/C=C(\C)C(=O)O)C=C1. The smallest absolute Gasteiger partial charge is 0.331 e. The number of carboxylic acid groups (broad SMARTS) is 1. The van der Waals surface area contributed by atoms with Gasteiger partial charge < -0.3 is 9.67 Å². The lowest BCUT2D eigenvalue weighted by Gasteiger charge is -2.09. The van der Waals surface area contributed by atoms with Crippen LogP contribution in [0, 0.1) is 0 Å². The molecule has 0 atom stereocenters. The van der Waals surface area contributed by atoms with E-state index in [4.69, 9.17) is 0 Å². The molecule has 1 N–H and O–H groups in total. The lowest BCUT2D eigenvalue weighted by molar-refractivity contribution is -0.132. The van der Waals surface area contributed by atoms with Crippen LogP contribution in [0.1, 0.15) is 38.6 Å². The van der Waals surface area contributed by atoms with Crippen LogP contribution in [-0.4, -0.2) is 20.6 Å². The topological polar surface area (TPSA) is 55.1 Å². The predicted molar refractivity (Wildman–Crippen MR) is 121 cm³/mol. The van der Waals surface area contributed by atoms with Crippen LogP contribution in [0.25, 0.3) is 11.6 Å². The van der Waals surface area contributed by atoms with Crippen LogP contribution in [0.2, 0.25) is 0 Å². The number of rotatable bonds is 8. The molecule has 0 saturated heterocycles. The van der Waals surface area contributed by atoms with Gasteiger partial charge >= 0.3 is 5.97 Å². The summed E-state index contributed by atoms with van der Waals surface area (Å²) < 4.78 is 1.99. The van der Waals surface area contributed by atoms with Gasteiger partial charge in [-0.15, -0.1) is 0 Å². The van der Waals surface area contributed by atoms with Crippen LogP contribution in [0.5, 0.6) is 0 Å². The van der Waals surface area contributed by atoms with Crippen molar-refractivity contribution in [2.45, 2.75) is 33.7 Å². The third kappa shape index (κ3) is 5.55. The summed E-state index contributed by atoms with van der Waals surface area (Å²) in [5.41, 5.74) is 6.13. The number of hydrogen-bond acceptors (Lipinski definition) is 2. The number of aliphatic carboxylic acids is 1. The molecule has 0 amide bonds. The average molecular weight is 389 g/mol. The van der Waals surface area contributed by atoms with E-state index in [1.165, 1.54) is 0 Å². The highest BCUT2D eigenvalue weighted by atomic mass is 16.4. The number of aromatic nitrogens is 2. The maximum atomic E-state index is 11.3. The van der Waals surface area contributed by atoms with Gasteiger partial charge in [-0.05, 0) is 55.6 Å². The van der Waals surface area contributed by atoms with Gasteiger partial charge in [0.05, 0.1) is 17.7 Å². The number of imidazole rings is 1. The molecule has 1 aliphatic carbocycles. The second-order valence-electron chi connectivity index (χ2n) is 6.78. The molecule has 2 rings (SSSR count). The van der Waals surface area contributed by atoms with Crippen molar-refractivity contribution in [2.24, 2.45) is 0 Å². The van der Waals surface area contributed by atoms with E-state index in [1.807, 2.05) is 36.6 Å². The number of nitrogens with zero attached hydrogens (tertiary/aromatic N) is 2. The van der Waals surface area contributed by atoms with Crippen LogP contribution < -0.4 is 0 Å². The molecule has 1 aliphatic rings. The van der Waals surface area contributed by atoms with Gasteiger partial charge in [-0.3, -0.25) is 0 Å². The van der Waals surface area contributed by atoms with Gasteiger partial charge in [-0.2, -0.15) is 0 Å². The molecule has 1 aromatic heterocycles. The molecule has 0 spiro atoms. The second kappa shape index (κ2) is 10.2. The van der Waals surface area contributed by atoms with Crippen molar-refractivity contribution < 1.29 is 9.90 Å². The molecule has 0 aliphatic heterocycles. The summed E-state index contributed by atoms with van der Waals surface area (Å²) in [6.07, 6.45) is 20.2. The maximum Gasteiger partial charge on any atom is 0.331 e. The molecule has 4 nitrogen and oxygen atoms in total. The molecule has 1 heterocycles. The van der Waals surface area contributed by atoms with Crippen LogP contribution in [0.3, 0.4) is 0 Å². The minimum atomic E-state index is -0.935. The fourth-order valence-electron chi connectivity index (χ4n) is 2.98. The van der Waals surface area contributed by atoms with E-state index in [-0.39, 0.29) is 5.57 Å². The first-order valence-electron chi connectivity index (χ1n) is 9.54. The van der Waals surface area contributed by atoms with Crippen LogP contribution in [0.15, 0.2) is 90.4 Å². The molecule has 4 heteroatoms. The number of allylic oxidation sites excluding steroid dienone is 12. The first kappa shape index (κ1) is 21.9. The van der Waals surface area contributed by atoms with Crippen LogP contribution in [0.4, 0.5) is 0 Å². The number of hydrogen-bond donors (Lipinski definition) is 1. The molecule has 150 valence electrons. The Kier molecular flexibility index (Phi) is 7.72. The summed E-state index contributed by atoms with van der Waals surface area (Å²) in [7, 11) is 0. The van der Waals surface area contributed by atoms with Crippen LogP contribution in [-0.2, 0) is 11.3 Å². The monoisotopic (exact) mass is 388 g/mol. The molecule has 0 unspecified atom stereocenters. The predicted octanol–water partition coefficient (Wildman–Crippen LogP) is 5.91. The number of carboxylic acids is 1. The quantitative estimate of drug-likeness (QED) is 0.445. The Morgan fingerprint density at radius 1 is 1.28 bits per heavy atom. The van der Waals surface area contributed by atoms with Crippen molar-refractivity contribution in [3.05, 3.63) is 102 Å². The fourth-order valence-corrected chi connectivity index (χ4v) is 2.98. The molecule has 0 aromatic carbocycles. The van der Waals surface area contributed by atoms with E-state index in [9.17, 15) is 9.90 Å². The Bertz CT molecular complexity index is 992. The zero-order chi connectivity index (χ0) is 21.4. The minimum absolute atomic E-state index is 0.274. The molecule has 0 radical (unpaired) electrons. The van der Waals surface area contributed by atoms with Gasteiger partial charge in [-0.1, -0.05) is 61.8 Å². The van der Waals surface area contributed by atoms with Crippen molar-refractivity contribution in [3.63, 3.8) is 0 Å². The second-order valence-corrected chi connectivity index (χ2v) is 6.78. The summed E-state index contributed by atoms with van der Waals surface area (Å²) >= 11 is 0. The minimum Gasteiger partial charge on any atom is -0.478 e. The molecular formula is C25H28N2O2. The first-order chi connectivity index (χ1) is 13.9. The van der Waals surface area contributed by atoms with Gasteiger partial charge in [0, 0.05) is 12.1 Å². The van der Waals surface area contributed by atoms with Gasteiger partial charge in [0.25, 0.3) is 0 Å². The van der Waals surface area contributed by atoms with Crippen molar-refractivity contribution in [3.8, 4) is 0 Å². The molecular weight excluding hydrogens is 360 g/mol. The highest BCUT2D eigenvalue weighted by Crippen LogP contribution is 2.23. The Balaban J connectivity index is 2.37. The summed E-state index contributed by atoms with van der Waals surface area (Å²) in [5, 5.41) is 9.30. The zero-order valence-electron chi connectivity index (χ0n) is 17.4. The Hall–Kier alpha value is -3.40. The van der Waals surface area contributed by atoms with Crippen molar-refractivity contribution in [1.82, 2.24) is 9.55 Å². The molecule has 0 saturated carbocycles. The maximum absolute atomic E-state index is 11.3. The number of carbonyl (C=O) groups is 1. The standard InChI is InChI=1S/C25H28N2O2/c1-6-10-21(8-3)22-12-9-11-20(13-14-22)16-27-17-26-24(18(4)7-2)23(27)15-19(5)25(28)29/h6-8,10-15,17H,1,3,9,16H2,2,4-5H3,(H,28,29)/b18-7-,19-15+,21-10+. The molecule has 29 heavy (non-hydrogen) atoms. The van der Waals surface area contributed by atoms with Gasteiger partial charge in [0.2, 0.25) is 0 Å². The summed E-state index contributed by atoms with van der Waals surface area (Å²) in [4.78, 5) is 15.9. The van der Waals surface area contributed by atoms with E-state index < -0.39 is 5.97 Å². The first-order valence-corrected chi connectivity index (χ1v) is 9.54.